The standard InChI is InChI=1S/C53H40N2O2/c1-52(2)44-17-9-7-15-40(44)42-25-22-36(29-46(42)52)55(37-23-26-43-41-16-8-10-18-45(41)53(3,4)47(43)30-37)38-21-24-39-35(32-56-50(39)31-38)27-33-13-5-6-14-34(33)28-51-54-48-19-11-12-20-49(48)57-51/h5-32H,1-4H3/b33-27-,34-28+. The van der Waals surface area contributed by atoms with Gasteiger partial charge in [0.15, 0.2) is 5.58 Å². The average molecular weight is 737 g/mol. The molecule has 11 rings (SSSR count). The van der Waals surface area contributed by atoms with Crippen molar-refractivity contribution in [2.24, 2.45) is 0 Å². The summed E-state index contributed by atoms with van der Waals surface area (Å²) < 4.78 is 12.4. The molecule has 4 nitrogen and oxygen atoms in total. The van der Waals surface area contributed by atoms with Crippen LogP contribution in [0.2, 0.25) is 0 Å². The first-order valence-corrected chi connectivity index (χ1v) is 19.7. The van der Waals surface area contributed by atoms with Crippen LogP contribution in [0.3, 0.4) is 0 Å². The quantitative estimate of drug-likeness (QED) is 0.176. The zero-order chi connectivity index (χ0) is 38.5. The molecule has 0 fully saturated rings. The fourth-order valence-corrected chi connectivity index (χ4v) is 9.42. The van der Waals surface area contributed by atoms with E-state index in [1.165, 1.54) is 44.5 Å². The number of oxazole rings is 1. The SMILES string of the molecule is CC1(C)c2ccccc2-c2ccc(N(c3ccc4c(c3)C(C)(C)c3ccccc3-4)c3ccc4c(/C=c5/cccc/c5=C\c5nc6ccccc6o5)coc4c3)cc21. The highest BCUT2D eigenvalue weighted by Crippen LogP contribution is 2.53. The van der Waals surface area contributed by atoms with Crippen LogP contribution in [0.4, 0.5) is 17.1 Å². The highest BCUT2D eigenvalue weighted by molar-refractivity contribution is 5.93. The van der Waals surface area contributed by atoms with Crippen LogP contribution in [0.5, 0.6) is 0 Å². The maximum Gasteiger partial charge on any atom is 0.220 e. The number of furan rings is 1. The first-order valence-electron chi connectivity index (χ1n) is 19.7. The van der Waals surface area contributed by atoms with Gasteiger partial charge in [0.1, 0.15) is 11.1 Å². The van der Waals surface area contributed by atoms with E-state index in [-0.39, 0.29) is 10.8 Å². The Balaban J connectivity index is 1.05. The molecular weight excluding hydrogens is 697 g/mol. The number of nitrogens with zero attached hydrogens (tertiary/aromatic N) is 2. The highest BCUT2D eigenvalue weighted by Gasteiger charge is 2.37. The van der Waals surface area contributed by atoms with Crippen molar-refractivity contribution in [3.63, 3.8) is 0 Å². The summed E-state index contributed by atoms with van der Waals surface area (Å²) in [6.45, 7) is 9.38. The van der Waals surface area contributed by atoms with E-state index in [0.29, 0.717) is 5.89 Å². The molecule has 2 aliphatic carbocycles. The molecule has 2 aromatic heterocycles. The minimum atomic E-state index is -0.126. The topological polar surface area (TPSA) is 42.4 Å². The zero-order valence-electron chi connectivity index (χ0n) is 32.4. The van der Waals surface area contributed by atoms with Crippen molar-refractivity contribution in [2.45, 2.75) is 38.5 Å². The van der Waals surface area contributed by atoms with Crippen LogP contribution in [-0.4, -0.2) is 4.98 Å². The summed E-state index contributed by atoms with van der Waals surface area (Å²) in [4.78, 5) is 7.09. The minimum absolute atomic E-state index is 0.126. The lowest BCUT2D eigenvalue weighted by Crippen LogP contribution is -2.23. The maximum absolute atomic E-state index is 6.38. The third-order valence-corrected chi connectivity index (χ3v) is 12.4. The molecule has 274 valence electrons. The van der Waals surface area contributed by atoms with Crippen LogP contribution < -0.4 is 15.3 Å². The van der Waals surface area contributed by atoms with Gasteiger partial charge in [0, 0.05) is 51.0 Å². The molecule has 0 unspecified atom stereocenters. The monoisotopic (exact) mass is 736 g/mol. The van der Waals surface area contributed by atoms with Gasteiger partial charge in [0.25, 0.3) is 0 Å². The predicted octanol–water partition coefficient (Wildman–Crippen LogP) is 12.3. The summed E-state index contributed by atoms with van der Waals surface area (Å²) in [5.74, 6) is 0.580. The van der Waals surface area contributed by atoms with Gasteiger partial charge in [-0.15, -0.1) is 0 Å². The Morgan fingerprint density at radius 3 is 1.67 bits per heavy atom. The van der Waals surface area contributed by atoms with E-state index < -0.39 is 0 Å². The third-order valence-electron chi connectivity index (χ3n) is 12.4. The Bertz CT molecular complexity index is 3070. The third kappa shape index (κ3) is 5.17. The summed E-state index contributed by atoms with van der Waals surface area (Å²) >= 11 is 0. The van der Waals surface area contributed by atoms with Crippen molar-refractivity contribution in [3.8, 4) is 22.3 Å². The lowest BCUT2D eigenvalue weighted by molar-refractivity contribution is 0.589. The number of para-hydroxylation sites is 2. The number of aromatic nitrogens is 1. The summed E-state index contributed by atoms with van der Waals surface area (Å²) in [7, 11) is 0. The van der Waals surface area contributed by atoms with E-state index in [1.807, 2.05) is 42.7 Å². The molecule has 0 aliphatic heterocycles. The number of hydrogen-bond donors (Lipinski definition) is 0. The van der Waals surface area contributed by atoms with E-state index in [4.69, 9.17) is 8.83 Å². The van der Waals surface area contributed by atoms with E-state index in [2.05, 4.69) is 165 Å². The normalized spacial score (nSPS) is 15.2. The van der Waals surface area contributed by atoms with Gasteiger partial charge in [0.05, 0.1) is 6.26 Å². The number of benzene rings is 7. The number of fused-ring (bicyclic) bond motifs is 8. The molecule has 0 bridgehead atoms. The van der Waals surface area contributed by atoms with Crippen LogP contribution in [0.1, 0.15) is 61.4 Å². The molecule has 9 aromatic rings. The van der Waals surface area contributed by atoms with E-state index >= 15 is 0 Å². The summed E-state index contributed by atoms with van der Waals surface area (Å²) in [5.41, 5.74) is 17.1. The Labute approximate surface area is 331 Å². The summed E-state index contributed by atoms with van der Waals surface area (Å²) in [6, 6.07) is 54.4. The average Bonchev–Trinajstić information content (AvgIpc) is 3.95. The fraction of sp³-hybridized carbons (Fsp3) is 0.113. The van der Waals surface area contributed by atoms with E-state index in [9.17, 15) is 0 Å². The molecule has 0 amide bonds. The maximum atomic E-state index is 6.38. The van der Waals surface area contributed by atoms with Crippen LogP contribution in [0.15, 0.2) is 167 Å². The fourth-order valence-electron chi connectivity index (χ4n) is 9.42. The number of rotatable bonds is 5. The first kappa shape index (κ1) is 33.4. The molecule has 0 radical (unpaired) electrons. The lowest BCUT2D eigenvalue weighted by atomic mass is 9.82. The number of anilines is 3. The Morgan fingerprint density at radius 2 is 1.02 bits per heavy atom. The van der Waals surface area contributed by atoms with Gasteiger partial charge in [-0.3, -0.25) is 0 Å². The van der Waals surface area contributed by atoms with Gasteiger partial charge in [0.2, 0.25) is 5.89 Å². The molecule has 2 aliphatic rings. The Kier molecular flexibility index (Phi) is 7.21. The molecule has 7 aromatic carbocycles. The van der Waals surface area contributed by atoms with Gasteiger partial charge in [-0.05, 0) is 110 Å². The van der Waals surface area contributed by atoms with Gasteiger partial charge < -0.3 is 13.7 Å². The predicted molar refractivity (Wildman–Crippen MR) is 233 cm³/mol. The van der Waals surface area contributed by atoms with Crippen molar-refractivity contribution >= 4 is 51.3 Å². The second kappa shape index (κ2) is 12.3. The van der Waals surface area contributed by atoms with Crippen molar-refractivity contribution in [1.29, 1.82) is 0 Å². The van der Waals surface area contributed by atoms with E-state index in [0.717, 1.165) is 55.1 Å². The molecule has 0 spiro atoms. The lowest BCUT2D eigenvalue weighted by Gasteiger charge is -2.29. The first-order chi connectivity index (χ1) is 27.7. The largest absolute Gasteiger partial charge is 0.464 e. The van der Waals surface area contributed by atoms with Gasteiger partial charge >= 0.3 is 0 Å². The second-order valence-corrected chi connectivity index (χ2v) is 16.4. The molecule has 0 N–H and O–H groups in total. The Hall–Kier alpha value is -6.91. The smallest absolute Gasteiger partial charge is 0.220 e. The van der Waals surface area contributed by atoms with Crippen LogP contribution in [0, 0.1) is 0 Å². The molecule has 0 saturated heterocycles. The van der Waals surface area contributed by atoms with Crippen molar-refractivity contribution in [1.82, 2.24) is 4.98 Å². The van der Waals surface area contributed by atoms with Crippen molar-refractivity contribution in [2.75, 3.05) is 4.90 Å². The van der Waals surface area contributed by atoms with Crippen LogP contribution in [-0.2, 0) is 10.8 Å². The molecule has 57 heavy (non-hydrogen) atoms. The van der Waals surface area contributed by atoms with Crippen LogP contribution >= 0.6 is 0 Å². The van der Waals surface area contributed by atoms with Crippen molar-refractivity contribution < 1.29 is 8.83 Å². The molecule has 2 heterocycles. The number of hydrogen-bond acceptors (Lipinski definition) is 4. The van der Waals surface area contributed by atoms with Gasteiger partial charge in [-0.2, -0.15) is 0 Å². The summed E-state index contributed by atoms with van der Waals surface area (Å²) in [5, 5.41) is 3.12. The van der Waals surface area contributed by atoms with E-state index in [1.54, 1.807) is 0 Å². The van der Waals surface area contributed by atoms with Gasteiger partial charge in [-0.25, -0.2) is 4.98 Å². The molecule has 4 heteroatoms. The molecule has 0 atom stereocenters. The van der Waals surface area contributed by atoms with Crippen molar-refractivity contribution in [3.05, 3.63) is 202 Å². The second-order valence-electron chi connectivity index (χ2n) is 16.4. The highest BCUT2D eigenvalue weighted by atomic mass is 16.3. The molecule has 0 saturated carbocycles. The van der Waals surface area contributed by atoms with Gasteiger partial charge in [-0.1, -0.05) is 125 Å². The zero-order valence-corrected chi connectivity index (χ0v) is 32.4. The summed E-state index contributed by atoms with van der Waals surface area (Å²) in [6.07, 6.45) is 6.04. The minimum Gasteiger partial charge on any atom is -0.464 e. The molecular formula is C53H40N2O2. The Morgan fingerprint density at radius 1 is 0.491 bits per heavy atom. The van der Waals surface area contributed by atoms with Crippen LogP contribution in [0.25, 0.3) is 56.5 Å².